The van der Waals surface area contributed by atoms with Crippen LogP contribution >= 0.6 is 0 Å². The summed E-state index contributed by atoms with van der Waals surface area (Å²) >= 11 is 0. The quantitative estimate of drug-likeness (QED) is 0.485. The molecule has 1 aliphatic heterocycles. The van der Waals surface area contributed by atoms with Gasteiger partial charge in [-0.1, -0.05) is 65.7 Å². The minimum Gasteiger partial charge on any atom is -0.507 e. The van der Waals surface area contributed by atoms with Gasteiger partial charge in [-0.2, -0.15) is 0 Å². The van der Waals surface area contributed by atoms with Crippen LogP contribution in [-0.2, 0) is 4.74 Å². The van der Waals surface area contributed by atoms with E-state index in [0.717, 1.165) is 6.42 Å². The number of hydrogen-bond donors (Lipinski definition) is 1. The number of hydrogen-bond acceptors (Lipinski definition) is 4. The molecule has 0 unspecified atom stereocenters. The van der Waals surface area contributed by atoms with Crippen LogP contribution in [0.15, 0.2) is 23.2 Å². The topological polar surface area (TPSA) is 51.0 Å². The van der Waals surface area contributed by atoms with Gasteiger partial charge in [0.1, 0.15) is 18.1 Å². The van der Waals surface area contributed by atoms with Gasteiger partial charge < -0.3 is 14.6 Å². The lowest BCUT2D eigenvalue weighted by atomic mass is 10.1. The zero-order chi connectivity index (χ0) is 18.8. The molecule has 1 aliphatic rings. The van der Waals surface area contributed by atoms with E-state index in [-0.39, 0.29) is 11.8 Å². The predicted molar refractivity (Wildman–Crippen MR) is 107 cm³/mol. The molecule has 0 saturated carbocycles. The molecule has 0 amide bonds. The van der Waals surface area contributed by atoms with Gasteiger partial charge in [-0.05, 0) is 24.5 Å². The van der Waals surface area contributed by atoms with Crippen LogP contribution in [0.3, 0.4) is 0 Å². The normalized spacial score (nSPS) is 16.6. The third-order valence-corrected chi connectivity index (χ3v) is 4.91. The Kier molecular flexibility index (Phi) is 8.79. The van der Waals surface area contributed by atoms with E-state index in [2.05, 4.69) is 25.8 Å². The largest absolute Gasteiger partial charge is 0.507 e. The smallest absolute Gasteiger partial charge is 0.220 e. The highest BCUT2D eigenvalue weighted by molar-refractivity contribution is 5.97. The zero-order valence-electron chi connectivity index (χ0n) is 16.7. The summed E-state index contributed by atoms with van der Waals surface area (Å²) in [5.41, 5.74) is 0.646. The van der Waals surface area contributed by atoms with Gasteiger partial charge in [0, 0.05) is 6.07 Å². The van der Waals surface area contributed by atoms with Gasteiger partial charge in [0.05, 0.1) is 18.2 Å². The van der Waals surface area contributed by atoms with Crippen molar-refractivity contribution in [2.45, 2.75) is 78.2 Å². The van der Waals surface area contributed by atoms with Crippen molar-refractivity contribution in [2.24, 2.45) is 10.9 Å². The highest BCUT2D eigenvalue weighted by Crippen LogP contribution is 2.27. The third kappa shape index (κ3) is 6.54. The van der Waals surface area contributed by atoms with Crippen molar-refractivity contribution in [2.75, 3.05) is 13.2 Å². The van der Waals surface area contributed by atoms with Crippen LogP contribution in [0, 0.1) is 5.92 Å². The third-order valence-electron chi connectivity index (χ3n) is 4.91. The van der Waals surface area contributed by atoms with Crippen molar-refractivity contribution in [3.8, 4) is 11.5 Å². The fourth-order valence-electron chi connectivity index (χ4n) is 3.09. The number of benzene rings is 1. The minimum atomic E-state index is 0.168. The van der Waals surface area contributed by atoms with E-state index in [1.165, 1.54) is 44.9 Å². The molecular formula is C22H35NO3. The maximum absolute atomic E-state index is 10.3. The summed E-state index contributed by atoms with van der Waals surface area (Å²) in [5, 5.41) is 10.3. The summed E-state index contributed by atoms with van der Waals surface area (Å²) in [6.45, 7) is 7.78. The Bertz CT molecular complexity index is 569. The molecule has 0 fully saturated rings. The van der Waals surface area contributed by atoms with E-state index in [4.69, 9.17) is 9.47 Å². The van der Waals surface area contributed by atoms with E-state index in [1.807, 2.05) is 12.1 Å². The van der Waals surface area contributed by atoms with Gasteiger partial charge in [0.15, 0.2) is 0 Å². The molecule has 1 atom stereocenters. The Morgan fingerprint density at radius 1 is 1.12 bits per heavy atom. The monoisotopic (exact) mass is 361 g/mol. The SMILES string of the molecule is CCCCCCCCCCOc1ccc(C2=N[C@@H](C(C)C)CO2)c(O)c1. The maximum atomic E-state index is 10.3. The first-order valence-corrected chi connectivity index (χ1v) is 10.3. The highest BCUT2D eigenvalue weighted by atomic mass is 16.5. The van der Waals surface area contributed by atoms with Crippen molar-refractivity contribution in [3.63, 3.8) is 0 Å². The number of nitrogens with zero attached hydrogens (tertiary/aromatic N) is 1. The van der Waals surface area contributed by atoms with E-state index >= 15 is 0 Å². The Morgan fingerprint density at radius 2 is 1.81 bits per heavy atom. The van der Waals surface area contributed by atoms with Gasteiger partial charge in [-0.3, -0.25) is 0 Å². The number of aromatic hydroxyl groups is 1. The second-order valence-corrected chi connectivity index (χ2v) is 7.56. The number of aliphatic imine (C=N–C) groups is 1. The molecule has 26 heavy (non-hydrogen) atoms. The van der Waals surface area contributed by atoms with Gasteiger partial charge in [0.2, 0.25) is 5.90 Å². The summed E-state index contributed by atoms with van der Waals surface area (Å²) in [4.78, 5) is 4.56. The van der Waals surface area contributed by atoms with Crippen LogP contribution in [0.4, 0.5) is 0 Å². The standard InChI is InChI=1S/C22H35NO3/c1-4-5-6-7-8-9-10-11-14-25-18-12-13-19(21(24)15-18)22-23-20(16-26-22)17(2)3/h12-13,15,17,20,24H,4-11,14,16H2,1-3H3/t20-/m1/s1. The molecule has 0 bridgehead atoms. The molecule has 4 nitrogen and oxygen atoms in total. The van der Waals surface area contributed by atoms with Gasteiger partial charge in [-0.15, -0.1) is 0 Å². The molecule has 1 N–H and O–H groups in total. The average molecular weight is 362 g/mol. The van der Waals surface area contributed by atoms with Crippen LogP contribution in [0.2, 0.25) is 0 Å². The summed E-state index contributed by atoms with van der Waals surface area (Å²) in [6.07, 6.45) is 10.3. The van der Waals surface area contributed by atoms with E-state index in [0.29, 0.717) is 36.3 Å². The lowest BCUT2D eigenvalue weighted by Gasteiger charge is -2.09. The fraction of sp³-hybridized carbons (Fsp3) is 0.682. The molecule has 1 aromatic rings. The summed E-state index contributed by atoms with van der Waals surface area (Å²) in [7, 11) is 0. The molecule has 0 saturated heterocycles. The van der Waals surface area contributed by atoms with Gasteiger partial charge in [-0.25, -0.2) is 4.99 Å². The molecule has 0 spiro atoms. The highest BCUT2D eigenvalue weighted by Gasteiger charge is 2.24. The molecule has 0 radical (unpaired) electrons. The van der Waals surface area contributed by atoms with Gasteiger partial charge in [0.25, 0.3) is 0 Å². The molecule has 1 heterocycles. The predicted octanol–water partition coefficient (Wildman–Crippen LogP) is 5.71. The minimum absolute atomic E-state index is 0.168. The number of ether oxygens (including phenoxy) is 2. The van der Waals surface area contributed by atoms with Crippen molar-refractivity contribution < 1.29 is 14.6 Å². The summed E-state index contributed by atoms with van der Waals surface area (Å²) in [6, 6.07) is 5.55. The molecule has 146 valence electrons. The maximum Gasteiger partial charge on any atom is 0.220 e. The van der Waals surface area contributed by atoms with E-state index in [1.54, 1.807) is 6.07 Å². The first kappa shape index (κ1) is 20.6. The first-order chi connectivity index (χ1) is 12.6. The molecule has 4 heteroatoms. The molecular weight excluding hydrogens is 326 g/mol. The fourth-order valence-corrected chi connectivity index (χ4v) is 3.09. The summed E-state index contributed by atoms with van der Waals surface area (Å²) in [5.74, 6) is 1.84. The number of unbranched alkanes of at least 4 members (excludes halogenated alkanes) is 7. The molecule has 0 aromatic heterocycles. The van der Waals surface area contributed by atoms with Crippen LogP contribution in [0.1, 0.15) is 77.7 Å². The van der Waals surface area contributed by atoms with Crippen LogP contribution < -0.4 is 4.74 Å². The van der Waals surface area contributed by atoms with Crippen molar-refractivity contribution in [3.05, 3.63) is 23.8 Å². The second-order valence-electron chi connectivity index (χ2n) is 7.56. The van der Waals surface area contributed by atoms with E-state index < -0.39 is 0 Å². The Labute approximate surface area is 158 Å². The van der Waals surface area contributed by atoms with E-state index in [9.17, 15) is 5.11 Å². The molecule has 0 aliphatic carbocycles. The van der Waals surface area contributed by atoms with Gasteiger partial charge >= 0.3 is 0 Å². The number of phenolic OH excluding ortho intramolecular Hbond substituents is 1. The first-order valence-electron chi connectivity index (χ1n) is 10.3. The van der Waals surface area contributed by atoms with Crippen molar-refractivity contribution >= 4 is 5.90 Å². The molecule has 1 aromatic carbocycles. The second kappa shape index (κ2) is 11.1. The van der Waals surface area contributed by atoms with Crippen LogP contribution in [-0.4, -0.2) is 30.3 Å². The summed E-state index contributed by atoms with van der Waals surface area (Å²) < 4.78 is 11.4. The average Bonchev–Trinajstić information content (AvgIpc) is 3.10. The molecule has 2 rings (SSSR count). The Hall–Kier alpha value is -1.71. The lowest BCUT2D eigenvalue weighted by molar-refractivity contribution is 0.290. The van der Waals surface area contributed by atoms with Crippen LogP contribution in [0.5, 0.6) is 11.5 Å². The van der Waals surface area contributed by atoms with Crippen molar-refractivity contribution in [1.82, 2.24) is 0 Å². The Balaban J connectivity index is 1.70. The lowest BCUT2D eigenvalue weighted by Crippen LogP contribution is -2.13. The van der Waals surface area contributed by atoms with Crippen molar-refractivity contribution in [1.29, 1.82) is 0 Å². The number of phenols is 1. The Morgan fingerprint density at radius 3 is 2.42 bits per heavy atom. The zero-order valence-corrected chi connectivity index (χ0v) is 16.7. The van der Waals surface area contributed by atoms with Crippen LogP contribution in [0.25, 0.3) is 0 Å². The number of rotatable bonds is 12.